The van der Waals surface area contributed by atoms with Crippen LogP contribution in [0, 0.1) is 11.3 Å². The molecule has 0 spiro atoms. The Hall–Kier alpha value is -1.84. The molecule has 1 unspecified atom stereocenters. The van der Waals surface area contributed by atoms with E-state index in [0.717, 1.165) is 12.0 Å². The van der Waals surface area contributed by atoms with Crippen LogP contribution in [-0.2, 0) is 15.0 Å². The summed E-state index contributed by atoms with van der Waals surface area (Å²) in [5.74, 6) is -0.448. The lowest BCUT2D eigenvalue weighted by atomic mass is 9.72. The smallest absolute Gasteiger partial charge is 0.314 e. The Kier molecular flexibility index (Phi) is 3.50. The highest BCUT2D eigenvalue weighted by atomic mass is 16.4. The van der Waals surface area contributed by atoms with Crippen molar-refractivity contribution in [2.45, 2.75) is 38.5 Å². The van der Waals surface area contributed by atoms with Crippen LogP contribution >= 0.6 is 0 Å². The second-order valence-electron chi connectivity index (χ2n) is 7.32. The van der Waals surface area contributed by atoms with Gasteiger partial charge in [0.25, 0.3) is 0 Å². The molecule has 22 heavy (non-hydrogen) atoms. The number of aliphatic carboxylic acids is 1. The van der Waals surface area contributed by atoms with Crippen molar-refractivity contribution in [1.29, 1.82) is 0 Å². The average molecular weight is 301 g/mol. The molecule has 0 radical (unpaired) electrons. The predicted molar refractivity (Wildman–Crippen MR) is 83.5 cm³/mol. The minimum atomic E-state index is -0.850. The summed E-state index contributed by atoms with van der Waals surface area (Å²) < 4.78 is 0. The summed E-state index contributed by atoms with van der Waals surface area (Å²) in [6.45, 7) is 5.30. The lowest BCUT2D eigenvalue weighted by Gasteiger charge is -2.39. The van der Waals surface area contributed by atoms with Crippen LogP contribution in [0.2, 0.25) is 0 Å². The molecular formula is C18H23NO3. The van der Waals surface area contributed by atoms with E-state index in [1.165, 1.54) is 0 Å². The number of carboxylic acid groups (broad SMARTS) is 1. The van der Waals surface area contributed by atoms with E-state index in [4.69, 9.17) is 0 Å². The summed E-state index contributed by atoms with van der Waals surface area (Å²) in [6.07, 6.45) is 1.93. The van der Waals surface area contributed by atoms with Crippen molar-refractivity contribution < 1.29 is 14.7 Å². The van der Waals surface area contributed by atoms with E-state index in [9.17, 15) is 14.7 Å². The molecule has 1 aliphatic carbocycles. The first kappa shape index (κ1) is 15.1. The fourth-order valence-electron chi connectivity index (χ4n) is 3.60. The van der Waals surface area contributed by atoms with Crippen LogP contribution in [0.3, 0.4) is 0 Å². The summed E-state index contributed by atoms with van der Waals surface area (Å²) in [7, 11) is 0. The summed E-state index contributed by atoms with van der Waals surface area (Å²) >= 11 is 0. The quantitative estimate of drug-likeness (QED) is 0.934. The molecule has 1 heterocycles. The van der Waals surface area contributed by atoms with Crippen LogP contribution in [0.5, 0.6) is 0 Å². The van der Waals surface area contributed by atoms with Crippen LogP contribution in [0.4, 0.5) is 0 Å². The van der Waals surface area contributed by atoms with Crippen molar-refractivity contribution >= 4 is 11.9 Å². The Labute approximate surface area is 131 Å². The number of rotatable bonds is 3. The van der Waals surface area contributed by atoms with Crippen LogP contribution in [0.1, 0.15) is 38.7 Å². The van der Waals surface area contributed by atoms with Crippen LogP contribution in [-0.4, -0.2) is 35.0 Å². The van der Waals surface area contributed by atoms with Crippen molar-refractivity contribution in [3.05, 3.63) is 35.9 Å². The van der Waals surface area contributed by atoms with Gasteiger partial charge in [0, 0.05) is 19.0 Å². The van der Waals surface area contributed by atoms with Gasteiger partial charge in [0.2, 0.25) is 5.91 Å². The van der Waals surface area contributed by atoms with Gasteiger partial charge in [-0.05, 0) is 30.2 Å². The Bertz CT molecular complexity index is 586. The van der Waals surface area contributed by atoms with Gasteiger partial charge in [-0.25, -0.2) is 0 Å². The van der Waals surface area contributed by atoms with E-state index in [1.54, 1.807) is 0 Å². The van der Waals surface area contributed by atoms with E-state index in [-0.39, 0.29) is 17.2 Å². The number of piperidine rings is 1. The zero-order valence-corrected chi connectivity index (χ0v) is 13.2. The number of likely N-dealkylation sites (tertiary alicyclic amines) is 1. The second kappa shape index (κ2) is 5.11. The minimum absolute atomic E-state index is 0.123. The zero-order chi connectivity index (χ0) is 16.0. The molecule has 2 fully saturated rings. The Morgan fingerprint density at radius 2 is 1.68 bits per heavy atom. The molecule has 1 aliphatic heterocycles. The fourth-order valence-corrected chi connectivity index (χ4v) is 3.60. The van der Waals surface area contributed by atoms with Gasteiger partial charge >= 0.3 is 5.97 Å². The van der Waals surface area contributed by atoms with Gasteiger partial charge in [-0.2, -0.15) is 0 Å². The number of carboxylic acids is 1. The monoisotopic (exact) mass is 301 g/mol. The lowest BCUT2D eigenvalue weighted by Crippen LogP contribution is -2.49. The molecule has 118 valence electrons. The third-order valence-electron chi connectivity index (χ3n) is 5.48. The van der Waals surface area contributed by atoms with Crippen LogP contribution < -0.4 is 0 Å². The molecule has 4 heteroatoms. The third-order valence-corrected chi connectivity index (χ3v) is 5.48. The van der Waals surface area contributed by atoms with Crippen LogP contribution in [0.25, 0.3) is 0 Å². The minimum Gasteiger partial charge on any atom is -0.481 e. The number of amides is 1. The van der Waals surface area contributed by atoms with Crippen LogP contribution in [0.15, 0.2) is 30.3 Å². The number of hydrogen-bond donors (Lipinski definition) is 1. The number of benzene rings is 1. The molecule has 0 bridgehead atoms. The first-order valence-electron chi connectivity index (χ1n) is 7.94. The summed E-state index contributed by atoms with van der Waals surface area (Å²) in [5, 5.41) is 9.77. The normalized spacial score (nSPS) is 25.5. The van der Waals surface area contributed by atoms with Crippen molar-refractivity contribution in [3.8, 4) is 0 Å². The Morgan fingerprint density at radius 3 is 2.14 bits per heavy atom. The maximum atomic E-state index is 12.5. The van der Waals surface area contributed by atoms with Gasteiger partial charge in [-0.3, -0.25) is 9.59 Å². The van der Waals surface area contributed by atoms with E-state index >= 15 is 0 Å². The summed E-state index contributed by atoms with van der Waals surface area (Å²) in [6, 6.07) is 9.42. The average Bonchev–Trinajstić information content (AvgIpc) is 3.16. The maximum Gasteiger partial charge on any atom is 0.314 e. The molecule has 1 aromatic rings. The third kappa shape index (κ3) is 2.40. The first-order valence-corrected chi connectivity index (χ1v) is 7.94. The van der Waals surface area contributed by atoms with Crippen molar-refractivity contribution in [3.63, 3.8) is 0 Å². The molecule has 1 N–H and O–H groups in total. The van der Waals surface area contributed by atoms with E-state index in [2.05, 4.69) is 13.8 Å². The molecule has 0 aromatic heterocycles. The van der Waals surface area contributed by atoms with Gasteiger partial charge < -0.3 is 10.0 Å². The van der Waals surface area contributed by atoms with Gasteiger partial charge in [-0.15, -0.1) is 0 Å². The summed E-state index contributed by atoms with van der Waals surface area (Å²) in [4.78, 5) is 26.2. The summed E-state index contributed by atoms with van der Waals surface area (Å²) in [5.41, 5.74) is 0.121. The highest BCUT2D eigenvalue weighted by Crippen LogP contribution is 2.53. The van der Waals surface area contributed by atoms with Gasteiger partial charge in [-0.1, -0.05) is 44.2 Å². The topological polar surface area (TPSA) is 57.6 Å². The van der Waals surface area contributed by atoms with Crippen molar-refractivity contribution in [1.82, 2.24) is 4.90 Å². The molecule has 1 amide bonds. The fraction of sp³-hybridized carbons (Fsp3) is 0.556. The highest BCUT2D eigenvalue weighted by molar-refractivity contribution is 5.84. The molecular weight excluding hydrogens is 278 g/mol. The maximum absolute atomic E-state index is 12.5. The molecule has 1 atom stereocenters. The van der Waals surface area contributed by atoms with E-state index in [0.29, 0.717) is 25.9 Å². The number of carbonyl (C=O) groups is 2. The molecule has 3 rings (SSSR count). The highest BCUT2D eigenvalue weighted by Gasteiger charge is 2.53. The van der Waals surface area contributed by atoms with Crippen molar-refractivity contribution in [2.75, 3.05) is 13.1 Å². The molecule has 1 saturated carbocycles. The number of nitrogens with zero attached hydrogens (tertiary/aromatic N) is 1. The van der Waals surface area contributed by atoms with Gasteiger partial charge in [0.05, 0.1) is 5.41 Å². The first-order chi connectivity index (χ1) is 10.4. The van der Waals surface area contributed by atoms with Crippen molar-refractivity contribution in [2.24, 2.45) is 11.3 Å². The Balaban J connectivity index is 1.74. The standard InChI is InChI=1S/C18H23NO3/c1-17(2)12-14(17)15(20)19-10-8-18(9-11-19,16(21)22)13-6-4-3-5-7-13/h3-7,14H,8-12H2,1-2H3,(H,21,22). The molecule has 1 saturated heterocycles. The van der Waals surface area contributed by atoms with Gasteiger partial charge in [0.1, 0.15) is 0 Å². The molecule has 1 aromatic carbocycles. The van der Waals surface area contributed by atoms with Gasteiger partial charge in [0.15, 0.2) is 0 Å². The van der Waals surface area contributed by atoms with E-state index in [1.807, 2.05) is 35.2 Å². The van der Waals surface area contributed by atoms with E-state index < -0.39 is 11.4 Å². The number of hydrogen-bond acceptors (Lipinski definition) is 2. The SMILES string of the molecule is CC1(C)CC1C(=O)N1CCC(C(=O)O)(c2ccccc2)CC1. The molecule has 4 nitrogen and oxygen atoms in total. The number of carbonyl (C=O) groups excluding carboxylic acids is 1. The lowest BCUT2D eigenvalue weighted by molar-refractivity contribution is -0.148. The second-order valence-corrected chi connectivity index (χ2v) is 7.32. The molecule has 2 aliphatic rings. The zero-order valence-electron chi connectivity index (χ0n) is 13.2. The largest absolute Gasteiger partial charge is 0.481 e. The predicted octanol–water partition coefficient (Wildman–Crippen LogP) is 2.68. The Morgan fingerprint density at radius 1 is 1.14 bits per heavy atom.